The summed E-state index contributed by atoms with van der Waals surface area (Å²) in [5, 5.41) is 5.75. The Balaban J connectivity index is 1.64. The molecule has 0 spiro atoms. The van der Waals surface area contributed by atoms with Crippen LogP contribution in [0.15, 0.2) is 60.0 Å². The molecule has 1 N–H and O–H groups in total. The fourth-order valence-corrected chi connectivity index (χ4v) is 4.03. The predicted octanol–water partition coefficient (Wildman–Crippen LogP) is 5.02. The topological polar surface area (TPSA) is 50.8 Å². The van der Waals surface area contributed by atoms with Crippen LogP contribution in [0.1, 0.15) is 26.8 Å². The number of ether oxygens (including phenoxy) is 2. The molecule has 158 valence electrons. The number of hydrogen-bond acceptors (Lipinski definition) is 5. The minimum absolute atomic E-state index is 0.123. The van der Waals surface area contributed by atoms with Crippen molar-refractivity contribution in [2.45, 2.75) is 12.6 Å². The molecule has 0 saturated carbocycles. The van der Waals surface area contributed by atoms with Crippen LogP contribution in [0.5, 0.6) is 11.5 Å². The molecule has 3 rings (SSSR count). The Kier molecular flexibility index (Phi) is 7.74. The molecule has 1 aromatic heterocycles. The van der Waals surface area contributed by atoms with Crippen molar-refractivity contribution >= 4 is 28.8 Å². The number of carbonyl (C=O) groups is 1. The summed E-state index contributed by atoms with van der Waals surface area (Å²) in [5.74, 6) is 0.939. The van der Waals surface area contributed by atoms with Gasteiger partial charge in [-0.15, -0.1) is 11.3 Å². The minimum Gasteiger partial charge on any atom is -0.493 e. The number of methoxy groups -OCH3 is 1. The van der Waals surface area contributed by atoms with Crippen LogP contribution in [0.25, 0.3) is 0 Å². The molecule has 5 nitrogen and oxygen atoms in total. The molecule has 0 radical (unpaired) electrons. The Morgan fingerprint density at radius 1 is 1.13 bits per heavy atom. The van der Waals surface area contributed by atoms with E-state index in [2.05, 4.69) is 16.3 Å². The molecule has 2 aromatic carbocycles. The summed E-state index contributed by atoms with van der Waals surface area (Å²) in [6, 6.07) is 16.9. The number of nitrogens with zero attached hydrogens (tertiary/aromatic N) is 1. The zero-order chi connectivity index (χ0) is 21.5. The third kappa shape index (κ3) is 5.75. The number of rotatable bonds is 9. The molecule has 1 amide bonds. The highest BCUT2D eigenvalue weighted by atomic mass is 35.5. The Morgan fingerprint density at radius 3 is 2.53 bits per heavy atom. The van der Waals surface area contributed by atoms with E-state index in [0.29, 0.717) is 35.2 Å². The molecule has 0 fully saturated rings. The standard InChI is InChI=1S/C23H25ClN2O3S/c1-26(2)19(22-5-4-12-30-22)14-25-23(27)17-8-11-20(21(13-17)28-3)29-15-16-6-9-18(24)10-7-16/h4-13,19H,14-15H2,1-3H3,(H,25,27). The molecule has 0 saturated heterocycles. The second-order valence-corrected chi connectivity index (χ2v) is 8.40. The summed E-state index contributed by atoms with van der Waals surface area (Å²) in [6.45, 7) is 0.897. The highest BCUT2D eigenvalue weighted by Crippen LogP contribution is 2.29. The number of carbonyl (C=O) groups excluding carboxylic acids is 1. The van der Waals surface area contributed by atoms with Gasteiger partial charge in [-0.25, -0.2) is 0 Å². The van der Waals surface area contributed by atoms with Gasteiger partial charge in [0.2, 0.25) is 0 Å². The van der Waals surface area contributed by atoms with E-state index in [0.717, 1.165) is 5.56 Å². The quantitative estimate of drug-likeness (QED) is 0.503. The molecular formula is C23H25ClN2O3S. The number of halogens is 1. The summed E-state index contributed by atoms with van der Waals surface area (Å²) in [6.07, 6.45) is 0. The lowest BCUT2D eigenvalue weighted by Gasteiger charge is -2.23. The molecule has 30 heavy (non-hydrogen) atoms. The van der Waals surface area contributed by atoms with Crippen LogP contribution in [-0.4, -0.2) is 38.6 Å². The van der Waals surface area contributed by atoms with E-state index in [4.69, 9.17) is 21.1 Å². The minimum atomic E-state index is -0.152. The van der Waals surface area contributed by atoms with E-state index in [-0.39, 0.29) is 11.9 Å². The summed E-state index contributed by atoms with van der Waals surface area (Å²) in [7, 11) is 5.57. The lowest BCUT2D eigenvalue weighted by atomic mass is 10.1. The Bertz CT molecular complexity index is 959. The lowest BCUT2D eigenvalue weighted by molar-refractivity contribution is 0.0942. The monoisotopic (exact) mass is 444 g/mol. The second kappa shape index (κ2) is 10.5. The van der Waals surface area contributed by atoms with E-state index >= 15 is 0 Å². The molecule has 0 aliphatic heterocycles. The van der Waals surface area contributed by atoms with Crippen molar-refractivity contribution in [1.82, 2.24) is 10.2 Å². The molecule has 1 heterocycles. The van der Waals surface area contributed by atoms with Gasteiger partial charge in [0.25, 0.3) is 5.91 Å². The average molecular weight is 445 g/mol. The fourth-order valence-electron chi connectivity index (χ4n) is 2.98. The lowest BCUT2D eigenvalue weighted by Crippen LogP contribution is -2.34. The van der Waals surface area contributed by atoms with Crippen molar-refractivity contribution < 1.29 is 14.3 Å². The van der Waals surface area contributed by atoms with Gasteiger partial charge in [-0.05, 0) is 61.4 Å². The zero-order valence-electron chi connectivity index (χ0n) is 17.2. The molecule has 1 atom stereocenters. The normalized spacial score (nSPS) is 11.9. The van der Waals surface area contributed by atoms with Crippen LogP contribution in [0.2, 0.25) is 5.02 Å². The first kappa shape index (κ1) is 22.2. The van der Waals surface area contributed by atoms with Gasteiger partial charge < -0.3 is 19.7 Å². The van der Waals surface area contributed by atoms with Crippen LogP contribution < -0.4 is 14.8 Å². The summed E-state index contributed by atoms with van der Waals surface area (Å²) in [4.78, 5) is 16.0. The van der Waals surface area contributed by atoms with E-state index in [1.807, 2.05) is 49.8 Å². The number of hydrogen-bond donors (Lipinski definition) is 1. The smallest absolute Gasteiger partial charge is 0.251 e. The Morgan fingerprint density at radius 2 is 1.90 bits per heavy atom. The summed E-state index contributed by atoms with van der Waals surface area (Å²) in [5.41, 5.74) is 1.51. The second-order valence-electron chi connectivity index (χ2n) is 6.99. The average Bonchev–Trinajstić information content (AvgIpc) is 3.27. The van der Waals surface area contributed by atoms with E-state index < -0.39 is 0 Å². The molecular weight excluding hydrogens is 420 g/mol. The molecule has 0 aliphatic carbocycles. The highest BCUT2D eigenvalue weighted by molar-refractivity contribution is 7.10. The van der Waals surface area contributed by atoms with Gasteiger partial charge in [-0.1, -0.05) is 29.8 Å². The number of likely N-dealkylation sites (N-methyl/N-ethyl adjacent to an activating group) is 1. The van der Waals surface area contributed by atoms with Crippen molar-refractivity contribution in [1.29, 1.82) is 0 Å². The van der Waals surface area contributed by atoms with Crippen molar-refractivity contribution in [3.8, 4) is 11.5 Å². The molecule has 1 unspecified atom stereocenters. The molecule has 3 aromatic rings. The third-order valence-electron chi connectivity index (χ3n) is 4.68. The van der Waals surface area contributed by atoms with E-state index in [9.17, 15) is 4.79 Å². The predicted molar refractivity (Wildman–Crippen MR) is 122 cm³/mol. The number of nitrogens with one attached hydrogen (secondary N) is 1. The van der Waals surface area contributed by atoms with Gasteiger partial charge >= 0.3 is 0 Å². The van der Waals surface area contributed by atoms with Gasteiger partial charge in [0.15, 0.2) is 11.5 Å². The van der Waals surface area contributed by atoms with Crippen LogP contribution in [0, 0.1) is 0 Å². The van der Waals surface area contributed by atoms with Crippen LogP contribution in [0.3, 0.4) is 0 Å². The van der Waals surface area contributed by atoms with Crippen molar-refractivity contribution in [2.24, 2.45) is 0 Å². The van der Waals surface area contributed by atoms with Crippen molar-refractivity contribution in [2.75, 3.05) is 27.7 Å². The molecule has 0 aliphatic rings. The molecule has 0 bridgehead atoms. The van der Waals surface area contributed by atoms with Crippen LogP contribution in [-0.2, 0) is 6.61 Å². The van der Waals surface area contributed by atoms with Gasteiger partial charge in [-0.3, -0.25) is 4.79 Å². The SMILES string of the molecule is COc1cc(C(=O)NCC(c2cccs2)N(C)C)ccc1OCc1ccc(Cl)cc1. The maximum Gasteiger partial charge on any atom is 0.251 e. The molecule has 7 heteroatoms. The maximum atomic E-state index is 12.7. The first-order valence-electron chi connectivity index (χ1n) is 9.51. The fraction of sp³-hybridized carbons (Fsp3) is 0.261. The van der Waals surface area contributed by atoms with Crippen LogP contribution >= 0.6 is 22.9 Å². The highest BCUT2D eigenvalue weighted by Gasteiger charge is 2.17. The van der Waals surface area contributed by atoms with Gasteiger partial charge in [0.1, 0.15) is 6.61 Å². The zero-order valence-corrected chi connectivity index (χ0v) is 18.8. The summed E-state index contributed by atoms with van der Waals surface area (Å²) >= 11 is 7.60. The first-order valence-corrected chi connectivity index (χ1v) is 10.8. The first-order chi connectivity index (χ1) is 14.5. The Hall–Kier alpha value is -2.54. The number of benzene rings is 2. The maximum absolute atomic E-state index is 12.7. The van der Waals surface area contributed by atoms with E-state index in [1.54, 1.807) is 36.6 Å². The van der Waals surface area contributed by atoms with Crippen molar-refractivity contribution in [3.05, 3.63) is 81.0 Å². The summed E-state index contributed by atoms with van der Waals surface area (Å²) < 4.78 is 11.3. The largest absolute Gasteiger partial charge is 0.493 e. The van der Waals surface area contributed by atoms with Gasteiger partial charge in [0.05, 0.1) is 13.2 Å². The van der Waals surface area contributed by atoms with Gasteiger partial charge in [-0.2, -0.15) is 0 Å². The van der Waals surface area contributed by atoms with Crippen molar-refractivity contribution in [3.63, 3.8) is 0 Å². The Labute approximate surface area is 186 Å². The van der Waals surface area contributed by atoms with Crippen LogP contribution in [0.4, 0.5) is 0 Å². The number of thiophene rings is 1. The van der Waals surface area contributed by atoms with E-state index in [1.165, 1.54) is 4.88 Å². The van der Waals surface area contributed by atoms with Gasteiger partial charge in [0, 0.05) is 22.0 Å². The third-order valence-corrected chi connectivity index (χ3v) is 5.91. The number of amides is 1.